The highest BCUT2D eigenvalue weighted by atomic mass is 79.9. The molecule has 0 N–H and O–H groups in total. The van der Waals surface area contributed by atoms with Crippen LogP contribution in [0.2, 0.25) is 0 Å². The van der Waals surface area contributed by atoms with Crippen LogP contribution < -0.4 is 0 Å². The van der Waals surface area contributed by atoms with Crippen LogP contribution in [-0.4, -0.2) is 23.7 Å². The Hall–Kier alpha value is -0.0551. The highest BCUT2D eigenvalue weighted by Crippen LogP contribution is 2.40. The second kappa shape index (κ2) is 8.70. The van der Waals surface area contributed by atoms with E-state index in [1.54, 1.807) is 0 Å². The molecule has 0 amide bonds. The lowest BCUT2D eigenvalue weighted by Crippen LogP contribution is -2.41. The average Bonchev–Trinajstić information content (AvgIpc) is 2.64. The van der Waals surface area contributed by atoms with Crippen molar-refractivity contribution in [3.8, 4) is 0 Å². The fourth-order valence-corrected chi connectivity index (χ4v) is 2.73. The van der Waals surface area contributed by atoms with Gasteiger partial charge in [-0.3, -0.25) is 0 Å². The highest BCUT2D eigenvalue weighted by Gasteiger charge is 2.52. The van der Waals surface area contributed by atoms with Crippen LogP contribution in [0.15, 0.2) is 23.7 Å². The van der Waals surface area contributed by atoms with Crippen molar-refractivity contribution in [1.29, 1.82) is 0 Å². The van der Waals surface area contributed by atoms with E-state index in [-0.39, 0.29) is 18.3 Å². The van der Waals surface area contributed by atoms with E-state index in [1.165, 1.54) is 25.7 Å². The molecule has 0 aromatic rings. The van der Waals surface area contributed by atoms with Crippen molar-refractivity contribution in [2.45, 2.75) is 84.3 Å². The fourth-order valence-electron chi connectivity index (χ4n) is 2.50. The molecule has 0 unspecified atom stereocenters. The Balaban J connectivity index is 2.76. The van der Waals surface area contributed by atoms with E-state index in [0.717, 1.165) is 29.2 Å². The van der Waals surface area contributed by atoms with Gasteiger partial charge in [-0.15, -0.1) is 0 Å². The first-order valence-corrected chi connectivity index (χ1v) is 9.67. The summed E-state index contributed by atoms with van der Waals surface area (Å²) < 4.78 is 12.4. The zero-order valence-corrected chi connectivity index (χ0v) is 16.6. The first kappa shape index (κ1) is 20.0. The average molecular weight is 371 g/mol. The largest absolute Gasteiger partial charge is 0.494 e. The minimum Gasteiger partial charge on any atom is -0.399 e. The third kappa shape index (κ3) is 5.24. The molecular formula is C18H32BBrO2. The quantitative estimate of drug-likeness (QED) is 0.219. The third-order valence-electron chi connectivity index (χ3n) is 4.72. The van der Waals surface area contributed by atoms with E-state index in [4.69, 9.17) is 9.31 Å². The van der Waals surface area contributed by atoms with Crippen LogP contribution in [0.5, 0.6) is 0 Å². The van der Waals surface area contributed by atoms with Gasteiger partial charge in [-0.05, 0) is 52.4 Å². The minimum absolute atomic E-state index is 0.289. The predicted molar refractivity (Wildman–Crippen MR) is 100 cm³/mol. The molecule has 1 fully saturated rings. The molecule has 1 heterocycles. The van der Waals surface area contributed by atoms with E-state index in [0.29, 0.717) is 0 Å². The van der Waals surface area contributed by atoms with Crippen LogP contribution in [-0.2, 0) is 9.31 Å². The Labute approximate surface area is 146 Å². The van der Waals surface area contributed by atoms with Gasteiger partial charge in [0.15, 0.2) is 0 Å². The number of alkyl halides is 1. The summed E-state index contributed by atoms with van der Waals surface area (Å²) in [5, 5.41) is 0.944. The summed E-state index contributed by atoms with van der Waals surface area (Å²) in [6, 6.07) is 0. The minimum atomic E-state index is -0.298. The van der Waals surface area contributed by atoms with E-state index in [9.17, 15) is 0 Å². The Kier molecular flexibility index (Phi) is 7.91. The van der Waals surface area contributed by atoms with Gasteiger partial charge in [0.1, 0.15) is 0 Å². The summed E-state index contributed by atoms with van der Waals surface area (Å²) in [5.41, 5.74) is 1.70. The van der Waals surface area contributed by atoms with Gasteiger partial charge in [-0.25, -0.2) is 0 Å². The monoisotopic (exact) mass is 370 g/mol. The van der Waals surface area contributed by atoms with Crippen molar-refractivity contribution in [2.75, 3.05) is 5.33 Å². The molecule has 0 aromatic heterocycles. The Bertz CT molecular complexity index is 386. The summed E-state index contributed by atoms with van der Waals surface area (Å²) in [7, 11) is -0.289. The summed E-state index contributed by atoms with van der Waals surface area (Å²) in [6.45, 7) is 14.9. The van der Waals surface area contributed by atoms with Crippen molar-refractivity contribution in [3.05, 3.63) is 23.7 Å². The molecule has 0 radical (unpaired) electrons. The van der Waals surface area contributed by atoms with Crippen LogP contribution in [0.3, 0.4) is 0 Å². The molecule has 22 heavy (non-hydrogen) atoms. The summed E-state index contributed by atoms with van der Waals surface area (Å²) >= 11 is 3.50. The van der Waals surface area contributed by atoms with Gasteiger partial charge >= 0.3 is 7.12 Å². The van der Waals surface area contributed by atoms with Crippen molar-refractivity contribution < 1.29 is 9.31 Å². The molecule has 0 bridgehead atoms. The van der Waals surface area contributed by atoms with E-state index >= 15 is 0 Å². The molecule has 1 aliphatic heterocycles. The van der Waals surface area contributed by atoms with Crippen molar-refractivity contribution in [1.82, 2.24) is 0 Å². The highest BCUT2D eigenvalue weighted by molar-refractivity contribution is 9.09. The molecule has 0 spiro atoms. The molecule has 0 aromatic carbocycles. The number of halogens is 1. The second-order valence-electron chi connectivity index (χ2n) is 7.14. The molecule has 126 valence electrons. The van der Waals surface area contributed by atoms with Gasteiger partial charge in [0.25, 0.3) is 0 Å². The maximum absolute atomic E-state index is 6.21. The predicted octanol–water partition coefficient (Wildman–Crippen LogP) is 5.86. The number of rotatable bonds is 9. The van der Waals surface area contributed by atoms with Crippen LogP contribution >= 0.6 is 15.9 Å². The van der Waals surface area contributed by atoms with Crippen LogP contribution in [0.25, 0.3) is 0 Å². The molecular weight excluding hydrogens is 339 g/mol. The smallest absolute Gasteiger partial charge is 0.399 e. The molecule has 1 saturated heterocycles. The molecule has 2 nitrogen and oxygen atoms in total. The number of hydrogen-bond donors (Lipinski definition) is 0. The third-order valence-corrected chi connectivity index (χ3v) is 5.18. The molecule has 0 atom stereocenters. The first-order chi connectivity index (χ1) is 10.2. The van der Waals surface area contributed by atoms with Gasteiger partial charge in [-0.2, -0.15) is 0 Å². The molecule has 1 aliphatic rings. The summed E-state index contributed by atoms with van der Waals surface area (Å²) in [4.78, 5) is 0. The van der Waals surface area contributed by atoms with E-state index < -0.39 is 0 Å². The first-order valence-electron chi connectivity index (χ1n) is 8.55. The number of allylic oxidation sites excluding steroid dienone is 3. The van der Waals surface area contributed by atoms with E-state index in [1.807, 2.05) is 0 Å². The SMILES string of the molecule is C=C(CCCCCC)/C(=C\CCBr)B1OC(C)(C)C(C)(C)O1. The summed E-state index contributed by atoms with van der Waals surface area (Å²) in [6.07, 6.45) is 9.23. The Morgan fingerprint density at radius 1 is 1.09 bits per heavy atom. The Morgan fingerprint density at radius 2 is 1.68 bits per heavy atom. The molecule has 4 heteroatoms. The summed E-state index contributed by atoms with van der Waals surface area (Å²) in [5.74, 6) is 0. The second-order valence-corrected chi connectivity index (χ2v) is 7.93. The number of hydrogen-bond acceptors (Lipinski definition) is 2. The normalized spacial score (nSPS) is 20.5. The lowest BCUT2D eigenvalue weighted by Gasteiger charge is -2.32. The maximum atomic E-state index is 6.21. The number of unbranched alkanes of at least 4 members (excludes halogenated alkanes) is 3. The van der Waals surface area contributed by atoms with Crippen molar-refractivity contribution in [3.63, 3.8) is 0 Å². The molecule has 1 rings (SSSR count). The van der Waals surface area contributed by atoms with Crippen molar-refractivity contribution in [2.24, 2.45) is 0 Å². The van der Waals surface area contributed by atoms with Crippen LogP contribution in [0.4, 0.5) is 0 Å². The lowest BCUT2D eigenvalue weighted by atomic mass is 9.72. The van der Waals surface area contributed by atoms with Gasteiger partial charge in [0, 0.05) is 5.33 Å². The lowest BCUT2D eigenvalue weighted by molar-refractivity contribution is 0.00578. The fraction of sp³-hybridized carbons (Fsp3) is 0.778. The standard InChI is InChI=1S/C18H32BBrO2/c1-7-8-9-10-12-15(2)16(13-11-14-20)19-21-17(3,4)18(5,6)22-19/h13H,2,7-12,14H2,1,3-6H3/b16-13+. The van der Waals surface area contributed by atoms with E-state index in [2.05, 4.69) is 63.2 Å². The molecule has 0 saturated carbocycles. The Morgan fingerprint density at radius 3 is 2.18 bits per heavy atom. The topological polar surface area (TPSA) is 18.5 Å². The van der Waals surface area contributed by atoms with Gasteiger partial charge in [0.2, 0.25) is 0 Å². The van der Waals surface area contributed by atoms with Gasteiger partial charge in [0.05, 0.1) is 11.2 Å². The maximum Gasteiger partial charge on any atom is 0.494 e. The zero-order valence-electron chi connectivity index (χ0n) is 15.0. The van der Waals surface area contributed by atoms with Crippen LogP contribution in [0.1, 0.15) is 73.1 Å². The van der Waals surface area contributed by atoms with Crippen molar-refractivity contribution >= 4 is 23.0 Å². The van der Waals surface area contributed by atoms with Gasteiger partial charge in [-0.1, -0.05) is 60.3 Å². The van der Waals surface area contributed by atoms with Crippen LogP contribution in [0, 0.1) is 0 Å². The zero-order chi connectivity index (χ0) is 16.8. The molecule has 0 aliphatic carbocycles. The van der Waals surface area contributed by atoms with Gasteiger partial charge < -0.3 is 9.31 Å².